The van der Waals surface area contributed by atoms with Gasteiger partial charge in [-0.05, 0) is 29.2 Å². The molecule has 0 atom stereocenters. The van der Waals surface area contributed by atoms with Crippen LogP contribution in [0.2, 0.25) is 0 Å². The van der Waals surface area contributed by atoms with Gasteiger partial charge in [-0.2, -0.15) is 0 Å². The summed E-state index contributed by atoms with van der Waals surface area (Å²) in [5, 5.41) is 0.749. The molecule has 0 radical (unpaired) electrons. The zero-order valence-corrected chi connectivity index (χ0v) is 19.6. The van der Waals surface area contributed by atoms with Crippen LogP contribution in [-0.4, -0.2) is 41.9 Å². The zero-order valence-electron chi connectivity index (χ0n) is 19.6. The fraction of sp³-hybridized carbons (Fsp3) is 0.200. The van der Waals surface area contributed by atoms with Crippen LogP contribution in [0.4, 0.5) is 0 Å². The third-order valence-corrected chi connectivity index (χ3v) is 6.63. The van der Waals surface area contributed by atoms with Gasteiger partial charge in [-0.15, -0.1) is 6.58 Å². The van der Waals surface area contributed by atoms with Gasteiger partial charge in [0.15, 0.2) is 0 Å². The van der Waals surface area contributed by atoms with E-state index in [4.69, 9.17) is 4.42 Å². The molecule has 0 unspecified atom stereocenters. The van der Waals surface area contributed by atoms with Gasteiger partial charge in [0.05, 0.1) is 6.04 Å². The molecule has 1 aliphatic heterocycles. The average molecular weight is 465 g/mol. The number of benzene rings is 3. The van der Waals surface area contributed by atoms with Crippen molar-refractivity contribution >= 4 is 16.9 Å². The maximum atomic E-state index is 13.3. The minimum absolute atomic E-state index is 0.0874. The van der Waals surface area contributed by atoms with Crippen molar-refractivity contribution in [3.05, 3.63) is 130 Å². The van der Waals surface area contributed by atoms with Crippen molar-refractivity contribution < 1.29 is 9.21 Å². The first-order chi connectivity index (χ1) is 17.2. The summed E-state index contributed by atoms with van der Waals surface area (Å²) in [7, 11) is 0. The minimum Gasteiger partial charge on any atom is -0.422 e. The van der Waals surface area contributed by atoms with Crippen molar-refractivity contribution in [3.8, 4) is 0 Å². The third kappa shape index (κ3) is 4.68. The summed E-state index contributed by atoms with van der Waals surface area (Å²) in [5.41, 5.74) is 3.35. The molecule has 35 heavy (non-hydrogen) atoms. The van der Waals surface area contributed by atoms with Crippen molar-refractivity contribution in [1.82, 2.24) is 9.80 Å². The highest BCUT2D eigenvalue weighted by Gasteiger charge is 2.29. The summed E-state index contributed by atoms with van der Waals surface area (Å²) in [5.74, 6) is -0.273. The van der Waals surface area contributed by atoms with E-state index >= 15 is 0 Å². The molecule has 0 N–H and O–H groups in total. The van der Waals surface area contributed by atoms with E-state index in [2.05, 4.69) is 60.0 Å². The number of para-hydroxylation sites is 1. The minimum atomic E-state index is -0.590. The Morgan fingerprint density at radius 1 is 0.886 bits per heavy atom. The Hall–Kier alpha value is -3.96. The van der Waals surface area contributed by atoms with E-state index in [0.717, 1.165) is 10.9 Å². The largest absolute Gasteiger partial charge is 0.422 e. The van der Waals surface area contributed by atoms with Gasteiger partial charge in [0, 0.05) is 31.6 Å². The van der Waals surface area contributed by atoms with Crippen molar-refractivity contribution in [1.29, 1.82) is 0 Å². The Kier molecular flexibility index (Phi) is 6.59. The molecule has 0 bridgehead atoms. The first kappa shape index (κ1) is 22.8. The SMILES string of the molecule is C=CCc1cccc2cc(C(=O)N3CCN(C(c4ccccc4)c4ccccc4)CC3)c(=O)oc12. The summed E-state index contributed by atoms with van der Waals surface area (Å²) in [6, 6.07) is 28.3. The van der Waals surface area contributed by atoms with Crippen LogP contribution in [0.15, 0.2) is 107 Å². The predicted octanol–water partition coefficient (Wildman–Crippen LogP) is 5.07. The lowest BCUT2D eigenvalue weighted by molar-refractivity contribution is 0.0593. The van der Waals surface area contributed by atoms with Gasteiger partial charge in [0.2, 0.25) is 0 Å². The van der Waals surface area contributed by atoms with E-state index in [-0.39, 0.29) is 17.5 Å². The summed E-state index contributed by atoms with van der Waals surface area (Å²) >= 11 is 0. The van der Waals surface area contributed by atoms with Crippen LogP contribution >= 0.6 is 0 Å². The fourth-order valence-electron chi connectivity index (χ4n) is 4.91. The Morgan fingerprint density at radius 2 is 1.51 bits per heavy atom. The Morgan fingerprint density at radius 3 is 2.11 bits per heavy atom. The van der Waals surface area contributed by atoms with Gasteiger partial charge in [-0.25, -0.2) is 4.79 Å². The molecule has 0 spiro atoms. The molecule has 176 valence electrons. The number of rotatable bonds is 6. The second-order valence-electron chi connectivity index (χ2n) is 8.83. The average Bonchev–Trinajstić information content (AvgIpc) is 2.90. The maximum absolute atomic E-state index is 13.3. The van der Waals surface area contributed by atoms with E-state index in [1.54, 1.807) is 17.0 Å². The number of allylic oxidation sites excluding steroid dienone is 1. The number of carbonyl (C=O) groups is 1. The van der Waals surface area contributed by atoms with Crippen molar-refractivity contribution in [2.75, 3.05) is 26.2 Å². The Balaban J connectivity index is 1.37. The lowest BCUT2D eigenvalue weighted by Crippen LogP contribution is -2.50. The quantitative estimate of drug-likeness (QED) is 0.295. The first-order valence-electron chi connectivity index (χ1n) is 12.0. The molecule has 2 heterocycles. The summed E-state index contributed by atoms with van der Waals surface area (Å²) in [4.78, 5) is 30.2. The van der Waals surface area contributed by atoms with Gasteiger partial charge in [0.25, 0.3) is 5.91 Å². The molecule has 1 amide bonds. The summed E-state index contributed by atoms with van der Waals surface area (Å²) in [6.07, 6.45) is 2.37. The molecule has 5 nitrogen and oxygen atoms in total. The number of hydrogen-bond acceptors (Lipinski definition) is 4. The molecular formula is C30H28N2O3. The number of carbonyl (C=O) groups excluding carboxylic acids is 1. The van der Waals surface area contributed by atoms with Gasteiger partial charge in [-0.1, -0.05) is 84.9 Å². The zero-order chi connectivity index (χ0) is 24.2. The molecule has 3 aromatic carbocycles. The molecule has 1 fully saturated rings. The van der Waals surface area contributed by atoms with Crippen LogP contribution in [0, 0.1) is 0 Å². The lowest BCUT2D eigenvalue weighted by atomic mass is 9.96. The summed E-state index contributed by atoms with van der Waals surface area (Å²) < 4.78 is 5.60. The highest BCUT2D eigenvalue weighted by atomic mass is 16.4. The van der Waals surface area contributed by atoms with Gasteiger partial charge in [0.1, 0.15) is 11.1 Å². The van der Waals surface area contributed by atoms with Crippen LogP contribution in [0.1, 0.15) is 33.1 Å². The molecule has 1 aliphatic rings. The van der Waals surface area contributed by atoms with E-state index in [1.807, 2.05) is 30.3 Å². The number of hydrogen-bond donors (Lipinski definition) is 0. The maximum Gasteiger partial charge on any atom is 0.349 e. The third-order valence-electron chi connectivity index (χ3n) is 6.63. The van der Waals surface area contributed by atoms with E-state index in [0.29, 0.717) is 38.2 Å². The van der Waals surface area contributed by atoms with Crippen molar-refractivity contribution in [3.63, 3.8) is 0 Å². The van der Waals surface area contributed by atoms with E-state index in [1.165, 1.54) is 11.1 Å². The highest BCUT2D eigenvalue weighted by Crippen LogP contribution is 2.29. The molecular weight excluding hydrogens is 436 g/mol. The number of piperazine rings is 1. The van der Waals surface area contributed by atoms with Crippen LogP contribution < -0.4 is 5.63 Å². The van der Waals surface area contributed by atoms with Crippen LogP contribution in [0.25, 0.3) is 11.0 Å². The second kappa shape index (κ2) is 10.1. The number of amides is 1. The normalized spacial score (nSPS) is 14.4. The fourth-order valence-corrected chi connectivity index (χ4v) is 4.91. The molecule has 5 heteroatoms. The van der Waals surface area contributed by atoms with E-state index in [9.17, 15) is 9.59 Å². The van der Waals surface area contributed by atoms with Crippen molar-refractivity contribution in [2.45, 2.75) is 12.5 Å². The van der Waals surface area contributed by atoms with Crippen molar-refractivity contribution in [2.24, 2.45) is 0 Å². The summed E-state index contributed by atoms with van der Waals surface area (Å²) in [6.45, 7) is 6.28. The van der Waals surface area contributed by atoms with E-state index < -0.39 is 5.63 Å². The lowest BCUT2D eigenvalue weighted by Gasteiger charge is -2.39. The molecule has 4 aromatic rings. The second-order valence-corrected chi connectivity index (χ2v) is 8.83. The Labute approximate surface area is 204 Å². The molecule has 5 rings (SSSR count). The van der Waals surface area contributed by atoms with Gasteiger partial charge in [-0.3, -0.25) is 9.69 Å². The molecule has 0 saturated carbocycles. The van der Waals surface area contributed by atoms with Crippen LogP contribution in [0.5, 0.6) is 0 Å². The number of fused-ring (bicyclic) bond motifs is 1. The van der Waals surface area contributed by atoms with Gasteiger partial charge >= 0.3 is 5.63 Å². The number of nitrogens with zero attached hydrogens (tertiary/aromatic N) is 2. The smallest absolute Gasteiger partial charge is 0.349 e. The molecule has 1 aromatic heterocycles. The topological polar surface area (TPSA) is 53.8 Å². The molecule has 0 aliphatic carbocycles. The van der Waals surface area contributed by atoms with Crippen LogP contribution in [-0.2, 0) is 6.42 Å². The highest BCUT2D eigenvalue weighted by molar-refractivity contribution is 5.97. The van der Waals surface area contributed by atoms with Gasteiger partial charge < -0.3 is 9.32 Å². The standard InChI is InChI=1S/C30H28N2O3/c1-2-10-24-15-9-16-25-21-26(30(34)35-28(24)25)29(33)32-19-17-31(18-20-32)27(22-11-5-3-6-12-22)23-13-7-4-8-14-23/h2-9,11-16,21,27H,1,10,17-20H2. The van der Waals surface area contributed by atoms with Crippen LogP contribution in [0.3, 0.4) is 0 Å². The Bertz CT molecular complexity index is 1350. The monoisotopic (exact) mass is 464 g/mol. The predicted molar refractivity (Wildman–Crippen MR) is 139 cm³/mol. The molecule has 1 saturated heterocycles. The first-order valence-corrected chi connectivity index (χ1v) is 12.0.